The van der Waals surface area contributed by atoms with Crippen molar-refractivity contribution in [3.63, 3.8) is 0 Å². The Kier molecular flexibility index (Phi) is 7.52. The molecule has 0 N–H and O–H groups in total. The number of ether oxygens (including phenoxy) is 1. The van der Waals surface area contributed by atoms with Gasteiger partial charge in [0.15, 0.2) is 0 Å². The summed E-state index contributed by atoms with van der Waals surface area (Å²) in [5, 5.41) is 0. The zero-order valence-electron chi connectivity index (χ0n) is 21.5. The number of benzene rings is 3. The van der Waals surface area contributed by atoms with E-state index in [2.05, 4.69) is 58.0 Å². The second-order valence-electron chi connectivity index (χ2n) is 9.33. The number of hydrogen-bond donors (Lipinski definition) is 0. The summed E-state index contributed by atoms with van der Waals surface area (Å²) in [4.78, 5) is 18.1. The van der Waals surface area contributed by atoms with Crippen molar-refractivity contribution in [2.75, 3.05) is 39.8 Å². The third kappa shape index (κ3) is 5.52. The minimum absolute atomic E-state index is 0.0985. The number of aromatic nitrogens is 1. The highest BCUT2D eigenvalue weighted by atomic mass is 16.5. The Morgan fingerprint density at radius 2 is 1.51 bits per heavy atom. The van der Waals surface area contributed by atoms with Gasteiger partial charge in [-0.2, -0.15) is 0 Å². The highest BCUT2D eigenvalue weighted by Crippen LogP contribution is 2.31. The van der Waals surface area contributed by atoms with Crippen molar-refractivity contribution in [1.82, 2.24) is 14.4 Å². The smallest absolute Gasteiger partial charge is 0.255 e. The van der Waals surface area contributed by atoms with Crippen molar-refractivity contribution in [3.8, 4) is 22.7 Å². The molecule has 2 heterocycles. The van der Waals surface area contributed by atoms with E-state index in [4.69, 9.17) is 4.74 Å². The molecule has 4 aromatic rings. The van der Waals surface area contributed by atoms with E-state index < -0.39 is 0 Å². The van der Waals surface area contributed by atoms with Gasteiger partial charge in [-0.05, 0) is 60.5 Å². The standard InChI is InChI=1S/C32H33N3O2/c1-25-30(32(36)34-22-20-33(21-23-34)19-9-12-26-10-5-3-6-11-26)24-31(27-15-17-29(37-2)18-16-27)35(25)28-13-7-4-8-14-28/h3-18,24H,19-23H2,1-2H3/b12-9+. The fourth-order valence-electron chi connectivity index (χ4n) is 4.91. The molecular formula is C32H33N3O2. The molecule has 188 valence electrons. The van der Waals surface area contributed by atoms with Crippen LogP contribution in [-0.2, 0) is 0 Å². The van der Waals surface area contributed by atoms with E-state index in [1.165, 1.54) is 5.56 Å². The zero-order chi connectivity index (χ0) is 25.6. The molecule has 1 amide bonds. The van der Waals surface area contributed by atoms with Gasteiger partial charge in [0.1, 0.15) is 5.75 Å². The molecule has 3 aromatic carbocycles. The summed E-state index contributed by atoms with van der Waals surface area (Å²) in [6.45, 7) is 6.13. The lowest BCUT2D eigenvalue weighted by atomic mass is 10.1. The lowest BCUT2D eigenvalue weighted by Gasteiger charge is -2.34. The maximum atomic E-state index is 13.7. The highest BCUT2D eigenvalue weighted by molar-refractivity contribution is 5.97. The maximum Gasteiger partial charge on any atom is 0.255 e. The highest BCUT2D eigenvalue weighted by Gasteiger charge is 2.26. The Morgan fingerprint density at radius 3 is 2.16 bits per heavy atom. The van der Waals surface area contributed by atoms with Gasteiger partial charge >= 0.3 is 0 Å². The summed E-state index contributed by atoms with van der Waals surface area (Å²) in [6, 6.07) is 30.6. The van der Waals surface area contributed by atoms with Gasteiger partial charge in [0, 0.05) is 44.1 Å². The molecule has 1 aliphatic rings. The number of hydrogen-bond acceptors (Lipinski definition) is 3. The minimum Gasteiger partial charge on any atom is -0.497 e. The predicted octanol–water partition coefficient (Wildman–Crippen LogP) is 5.93. The first kappa shape index (κ1) is 24.6. The van der Waals surface area contributed by atoms with Crippen molar-refractivity contribution in [1.29, 1.82) is 0 Å². The summed E-state index contributed by atoms with van der Waals surface area (Å²) in [5.74, 6) is 0.910. The normalized spacial score (nSPS) is 14.3. The monoisotopic (exact) mass is 491 g/mol. The fraction of sp³-hybridized carbons (Fsp3) is 0.219. The first-order chi connectivity index (χ1) is 18.1. The molecule has 1 aromatic heterocycles. The lowest BCUT2D eigenvalue weighted by molar-refractivity contribution is 0.0649. The van der Waals surface area contributed by atoms with Crippen molar-refractivity contribution in [2.24, 2.45) is 0 Å². The van der Waals surface area contributed by atoms with Crippen molar-refractivity contribution in [3.05, 3.63) is 114 Å². The van der Waals surface area contributed by atoms with Gasteiger partial charge in [0.2, 0.25) is 0 Å². The van der Waals surface area contributed by atoms with Crippen LogP contribution in [0.2, 0.25) is 0 Å². The first-order valence-corrected chi connectivity index (χ1v) is 12.8. The Morgan fingerprint density at radius 1 is 0.865 bits per heavy atom. The topological polar surface area (TPSA) is 37.7 Å². The molecule has 0 atom stereocenters. The van der Waals surface area contributed by atoms with E-state index in [1.807, 2.05) is 66.4 Å². The zero-order valence-corrected chi connectivity index (χ0v) is 21.5. The molecule has 5 nitrogen and oxygen atoms in total. The van der Waals surface area contributed by atoms with Crippen LogP contribution in [0, 0.1) is 6.92 Å². The van der Waals surface area contributed by atoms with E-state index in [-0.39, 0.29) is 5.91 Å². The largest absolute Gasteiger partial charge is 0.497 e. The molecule has 0 saturated carbocycles. The quantitative estimate of drug-likeness (QED) is 0.321. The van der Waals surface area contributed by atoms with E-state index >= 15 is 0 Å². The third-order valence-electron chi connectivity index (χ3n) is 7.01. The molecule has 5 rings (SSSR count). The van der Waals surface area contributed by atoms with Crippen molar-refractivity contribution >= 4 is 12.0 Å². The van der Waals surface area contributed by atoms with E-state index in [9.17, 15) is 4.79 Å². The van der Waals surface area contributed by atoms with E-state index in [0.717, 1.165) is 66.7 Å². The summed E-state index contributed by atoms with van der Waals surface area (Å²) in [5.41, 5.74) is 6.01. The molecule has 0 spiro atoms. The molecule has 0 bridgehead atoms. The molecular weight excluding hydrogens is 458 g/mol. The van der Waals surface area contributed by atoms with Crippen LogP contribution in [0.4, 0.5) is 0 Å². The summed E-state index contributed by atoms with van der Waals surface area (Å²) in [6.07, 6.45) is 4.37. The van der Waals surface area contributed by atoms with E-state index in [0.29, 0.717) is 0 Å². The van der Waals surface area contributed by atoms with Gasteiger partial charge < -0.3 is 14.2 Å². The number of nitrogens with zero attached hydrogens (tertiary/aromatic N) is 3. The third-order valence-corrected chi connectivity index (χ3v) is 7.01. The van der Waals surface area contributed by atoms with Crippen molar-refractivity contribution in [2.45, 2.75) is 6.92 Å². The number of rotatable bonds is 7. The van der Waals surface area contributed by atoms with Crippen LogP contribution in [0.25, 0.3) is 23.0 Å². The molecule has 1 saturated heterocycles. The molecule has 0 aliphatic carbocycles. The first-order valence-electron chi connectivity index (χ1n) is 12.8. The second-order valence-corrected chi connectivity index (χ2v) is 9.33. The molecule has 1 fully saturated rings. The van der Waals surface area contributed by atoms with Crippen LogP contribution >= 0.6 is 0 Å². The van der Waals surface area contributed by atoms with Crippen LogP contribution in [0.3, 0.4) is 0 Å². The van der Waals surface area contributed by atoms with Crippen LogP contribution in [0.1, 0.15) is 21.6 Å². The van der Waals surface area contributed by atoms with Gasteiger partial charge in [0.25, 0.3) is 5.91 Å². The van der Waals surface area contributed by atoms with Gasteiger partial charge in [-0.1, -0.05) is 60.7 Å². The van der Waals surface area contributed by atoms with Gasteiger partial charge in [-0.3, -0.25) is 9.69 Å². The predicted molar refractivity (Wildman–Crippen MR) is 150 cm³/mol. The average Bonchev–Trinajstić information content (AvgIpc) is 3.31. The number of para-hydroxylation sites is 1. The van der Waals surface area contributed by atoms with Crippen LogP contribution in [0.5, 0.6) is 5.75 Å². The molecule has 37 heavy (non-hydrogen) atoms. The molecule has 0 radical (unpaired) electrons. The Hall–Kier alpha value is -4.09. The van der Waals surface area contributed by atoms with Gasteiger partial charge in [-0.15, -0.1) is 0 Å². The number of amides is 1. The van der Waals surface area contributed by atoms with Gasteiger partial charge in [-0.25, -0.2) is 0 Å². The molecule has 0 unspecified atom stereocenters. The van der Waals surface area contributed by atoms with E-state index in [1.54, 1.807) is 7.11 Å². The average molecular weight is 492 g/mol. The van der Waals surface area contributed by atoms with Crippen molar-refractivity contribution < 1.29 is 9.53 Å². The summed E-state index contributed by atoms with van der Waals surface area (Å²) in [7, 11) is 1.67. The number of methoxy groups -OCH3 is 1. The van der Waals surface area contributed by atoms with Crippen LogP contribution in [-0.4, -0.2) is 60.1 Å². The number of piperazine rings is 1. The Balaban J connectivity index is 1.33. The maximum absolute atomic E-state index is 13.7. The van der Waals surface area contributed by atoms with Gasteiger partial charge in [0.05, 0.1) is 18.4 Å². The second kappa shape index (κ2) is 11.3. The minimum atomic E-state index is 0.0985. The fourth-order valence-corrected chi connectivity index (χ4v) is 4.91. The number of carbonyl (C=O) groups is 1. The Labute approximate surface area is 219 Å². The lowest BCUT2D eigenvalue weighted by Crippen LogP contribution is -2.48. The number of carbonyl (C=O) groups excluding carboxylic acids is 1. The van der Waals surface area contributed by atoms with Crippen LogP contribution < -0.4 is 4.74 Å². The molecule has 5 heteroatoms. The summed E-state index contributed by atoms with van der Waals surface area (Å²) >= 11 is 0. The SMILES string of the molecule is COc1ccc(-c2cc(C(=O)N3CCN(C/C=C/c4ccccc4)CC3)c(C)n2-c2ccccc2)cc1. The Bertz CT molecular complexity index is 1350. The van der Waals surface area contributed by atoms with Crippen LogP contribution in [0.15, 0.2) is 97.1 Å². The molecule has 1 aliphatic heterocycles. The summed E-state index contributed by atoms with van der Waals surface area (Å²) < 4.78 is 7.53.